The molecule has 96 valence electrons. The molecule has 19 heavy (non-hydrogen) atoms. The summed E-state index contributed by atoms with van der Waals surface area (Å²) in [5, 5.41) is 2.33. The lowest BCUT2D eigenvalue weighted by molar-refractivity contribution is -0.147. The van der Waals surface area contributed by atoms with Crippen molar-refractivity contribution in [3.8, 4) is 0 Å². The average Bonchev–Trinajstić information content (AvgIpc) is 2.39. The molecule has 0 spiro atoms. The van der Waals surface area contributed by atoms with Gasteiger partial charge in [0.05, 0.1) is 6.10 Å². The molecule has 0 heterocycles. The number of hydrogen-bond donors (Lipinski definition) is 0. The Labute approximate surface area is 112 Å². The van der Waals surface area contributed by atoms with E-state index in [9.17, 15) is 4.79 Å². The van der Waals surface area contributed by atoms with Crippen LogP contribution in [0.2, 0.25) is 0 Å². The van der Waals surface area contributed by atoms with Gasteiger partial charge in [-0.25, -0.2) is 0 Å². The van der Waals surface area contributed by atoms with Gasteiger partial charge in [-0.1, -0.05) is 48.6 Å². The number of carbonyl (C=O) groups excluding carboxylic acids is 1. The maximum absolute atomic E-state index is 12.2. The van der Waals surface area contributed by atoms with E-state index in [2.05, 4.69) is 18.2 Å². The Morgan fingerprint density at radius 3 is 2.63 bits per heavy atom. The maximum Gasteiger partial charge on any atom is 0.317 e. The summed E-state index contributed by atoms with van der Waals surface area (Å²) >= 11 is 0. The summed E-state index contributed by atoms with van der Waals surface area (Å²) in [5.74, 6) is -0.464. The minimum absolute atomic E-state index is 0.0859. The highest BCUT2D eigenvalue weighted by molar-refractivity contribution is 6.00. The third-order valence-electron chi connectivity index (χ3n) is 3.38. The number of esters is 1. The molecule has 0 fully saturated rings. The van der Waals surface area contributed by atoms with Crippen LogP contribution in [0.5, 0.6) is 0 Å². The second-order valence-corrected chi connectivity index (χ2v) is 5.12. The molecule has 1 aliphatic rings. The van der Waals surface area contributed by atoms with E-state index in [-0.39, 0.29) is 18.0 Å². The lowest BCUT2D eigenvalue weighted by Gasteiger charge is -2.21. The van der Waals surface area contributed by atoms with Gasteiger partial charge in [0.1, 0.15) is 5.92 Å². The smallest absolute Gasteiger partial charge is 0.317 e. The fourth-order valence-corrected chi connectivity index (χ4v) is 2.61. The molecule has 0 aromatic heterocycles. The van der Waals surface area contributed by atoms with Crippen LogP contribution in [-0.4, -0.2) is 12.1 Å². The molecule has 2 heteroatoms. The quantitative estimate of drug-likeness (QED) is 0.758. The highest BCUT2D eigenvalue weighted by Crippen LogP contribution is 2.35. The minimum atomic E-state index is -0.291. The molecule has 0 N–H and O–H groups in total. The summed E-state index contributed by atoms with van der Waals surface area (Å²) in [5.41, 5.74) is 2.21. The Balaban J connectivity index is 2.12. The van der Waals surface area contributed by atoms with Gasteiger partial charge in [0.15, 0.2) is 0 Å². The van der Waals surface area contributed by atoms with E-state index in [4.69, 9.17) is 4.74 Å². The SMILES string of the molecule is CC(C)OC(=O)C1C=Cc2cccc3cccc1c23. The van der Waals surface area contributed by atoms with Crippen LogP contribution in [0.4, 0.5) is 0 Å². The molecule has 1 atom stereocenters. The van der Waals surface area contributed by atoms with Crippen LogP contribution in [-0.2, 0) is 9.53 Å². The number of hydrogen-bond acceptors (Lipinski definition) is 2. The minimum Gasteiger partial charge on any atom is -0.462 e. The predicted molar refractivity (Wildman–Crippen MR) is 77.0 cm³/mol. The third kappa shape index (κ3) is 2.03. The van der Waals surface area contributed by atoms with E-state index in [1.807, 2.05) is 44.2 Å². The number of carbonyl (C=O) groups is 1. The molecule has 3 rings (SSSR count). The molecule has 0 aliphatic heterocycles. The fraction of sp³-hybridized carbons (Fsp3) is 0.235. The monoisotopic (exact) mass is 252 g/mol. The highest BCUT2D eigenvalue weighted by Gasteiger charge is 2.25. The summed E-state index contributed by atoms with van der Waals surface area (Å²) in [6.07, 6.45) is 3.86. The molecular weight excluding hydrogens is 236 g/mol. The lowest BCUT2D eigenvalue weighted by Crippen LogP contribution is -2.19. The van der Waals surface area contributed by atoms with Gasteiger partial charge in [-0.3, -0.25) is 4.79 Å². The van der Waals surface area contributed by atoms with E-state index in [1.165, 1.54) is 16.3 Å². The van der Waals surface area contributed by atoms with Gasteiger partial charge in [-0.15, -0.1) is 0 Å². The molecule has 0 bridgehead atoms. The zero-order valence-electron chi connectivity index (χ0n) is 11.1. The van der Waals surface area contributed by atoms with Crippen LogP contribution in [0.1, 0.15) is 30.9 Å². The predicted octanol–water partition coefficient (Wildman–Crippen LogP) is 3.90. The first kappa shape index (κ1) is 12.0. The van der Waals surface area contributed by atoms with Gasteiger partial charge in [0, 0.05) is 0 Å². The number of rotatable bonds is 2. The van der Waals surface area contributed by atoms with E-state index in [0.29, 0.717) is 0 Å². The maximum atomic E-state index is 12.2. The molecule has 0 amide bonds. The summed E-state index contributed by atoms with van der Waals surface area (Å²) in [4.78, 5) is 12.2. The molecule has 2 aromatic carbocycles. The highest BCUT2D eigenvalue weighted by atomic mass is 16.5. The first-order chi connectivity index (χ1) is 9.16. The number of benzene rings is 2. The first-order valence-electron chi connectivity index (χ1n) is 6.57. The number of ether oxygens (including phenoxy) is 1. The summed E-state index contributed by atoms with van der Waals surface area (Å²) < 4.78 is 5.35. The van der Waals surface area contributed by atoms with Crippen LogP contribution in [0, 0.1) is 0 Å². The first-order valence-corrected chi connectivity index (χ1v) is 6.57. The normalized spacial score (nSPS) is 16.9. The molecular formula is C17H16O2. The van der Waals surface area contributed by atoms with Crippen molar-refractivity contribution in [3.63, 3.8) is 0 Å². The van der Waals surface area contributed by atoms with Gasteiger partial charge >= 0.3 is 5.97 Å². The summed E-state index contributed by atoms with van der Waals surface area (Å²) in [6, 6.07) is 12.3. The van der Waals surface area contributed by atoms with E-state index < -0.39 is 0 Å². The summed E-state index contributed by atoms with van der Waals surface area (Å²) in [7, 11) is 0. The Hall–Kier alpha value is -2.09. The van der Waals surface area contributed by atoms with Crippen molar-refractivity contribution in [1.82, 2.24) is 0 Å². The van der Waals surface area contributed by atoms with Gasteiger partial charge < -0.3 is 4.74 Å². The Morgan fingerprint density at radius 1 is 1.16 bits per heavy atom. The molecule has 2 aromatic rings. The molecule has 1 unspecified atom stereocenters. The van der Waals surface area contributed by atoms with Crippen molar-refractivity contribution in [3.05, 3.63) is 53.6 Å². The van der Waals surface area contributed by atoms with E-state index >= 15 is 0 Å². The van der Waals surface area contributed by atoms with Crippen molar-refractivity contribution in [2.75, 3.05) is 0 Å². The largest absolute Gasteiger partial charge is 0.462 e. The van der Waals surface area contributed by atoms with Crippen molar-refractivity contribution in [2.24, 2.45) is 0 Å². The van der Waals surface area contributed by atoms with Crippen LogP contribution in [0.15, 0.2) is 42.5 Å². The van der Waals surface area contributed by atoms with Crippen LogP contribution in [0.3, 0.4) is 0 Å². The standard InChI is InChI=1S/C17H16O2/c1-11(2)19-17(18)15-10-9-13-6-3-5-12-7-4-8-14(15)16(12)13/h3-11,15H,1-2H3. The van der Waals surface area contributed by atoms with Gasteiger partial charge in [0.25, 0.3) is 0 Å². The second kappa shape index (κ2) is 4.54. The molecule has 0 saturated carbocycles. The second-order valence-electron chi connectivity index (χ2n) is 5.12. The van der Waals surface area contributed by atoms with Crippen LogP contribution < -0.4 is 0 Å². The third-order valence-corrected chi connectivity index (χ3v) is 3.38. The van der Waals surface area contributed by atoms with Crippen LogP contribution >= 0.6 is 0 Å². The van der Waals surface area contributed by atoms with Crippen molar-refractivity contribution in [2.45, 2.75) is 25.9 Å². The Bertz CT molecular complexity index is 663. The van der Waals surface area contributed by atoms with Gasteiger partial charge in [-0.05, 0) is 35.7 Å². The van der Waals surface area contributed by atoms with Gasteiger partial charge in [-0.2, -0.15) is 0 Å². The topological polar surface area (TPSA) is 26.3 Å². The van der Waals surface area contributed by atoms with E-state index in [1.54, 1.807) is 0 Å². The van der Waals surface area contributed by atoms with Crippen LogP contribution in [0.25, 0.3) is 16.8 Å². The van der Waals surface area contributed by atoms with Crippen molar-refractivity contribution >= 4 is 22.8 Å². The summed E-state index contributed by atoms with van der Waals surface area (Å²) in [6.45, 7) is 3.75. The Kier molecular flexibility index (Phi) is 2.86. The molecule has 0 radical (unpaired) electrons. The zero-order valence-corrected chi connectivity index (χ0v) is 11.1. The molecule has 2 nitrogen and oxygen atoms in total. The van der Waals surface area contributed by atoms with Gasteiger partial charge in [0.2, 0.25) is 0 Å². The fourth-order valence-electron chi connectivity index (χ4n) is 2.61. The molecule has 1 aliphatic carbocycles. The zero-order chi connectivity index (χ0) is 13.4. The molecule has 0 saturated heterocycles. The Morgan fingerprint density at radius 2 is 1.89 bits per heavy atom. The van der Waals surface area contributed by atoms with Crippen molar-refractivity contribution < 1.29 is 9.53 Å². The van der Waals surface area contributed by atoms with E-state index in [0.717, 1.165) is 5.56 Å². The lowest BCUT2D eigenvalue weighted by atomic mass is 9.86. The van der Waals surface area contributed by atoms with Crippen molar-refractivity contribution in [1.29, 1.82) is 0 Å². The average molecular weight is 252 g/mol.